The number of nitrogens with zero attached hydrogens (tertiary/aromatic N) is 1. The molecule has 1 saturated carbocycles. The number of rotatable bonds is 5. The Kier molecular flexibility index (Phi) is 3.36. The van der Waals surface area contributed by atoms with E-state index in [4.69, 9.17) is 10.9 Å². The van der Waals surface area contributed by atoms with Gasteiger partial charge in [0.05, 0.1) is 0 Å². The summed E-state index contributed by atoms with van der Waals surface area (Å²) in [5.41, 5.74) is 5.18. The van der Waals surface area contributed by atoms with E-state index in [-0.39, 0.29) is 16.9 Å². The van der Waals surface area contributed by atoms with Crippen LogP contribution in [0, 0.1) is 17.0 Å². The van der Waals surface area contributed by atoms with Gasteiger partial charge in [-0.3, -0.25) is 0 Å². The molecule has 0 amide bonds. The number of oxime groups is 1. The predicted octanol–water partition coefficient (Wildman–Crippen LogP) is 2.29. The van der Waals surface area contributed by atoms with Crippen molar-refractivity contribution in [2.75, 3.05) is 11.9 Å². The van der Waals surface area contributed by atoms with E-state index in [1.807, 2.05) is 0 Å². The number of hydrogen-bond donors (Lipinski definition) is 3. The zero-order valence-corrected chi connectivity index (χ0v) is 9.79. The number of para-hydroxylation sites is 1. The Balaban J connectivity index is 2.00. The third kappa shape index (κ3) is 2.69. The molecule has 4 nitrogen and oxygen atoms in total. The van der Waals surface area contributed by atoms with Gasteiger partial charge in [-0.1, -0.05) is 11.2 Å². The highest BCUT2D eigenvalue weighted by Crippen LogP contribution is 2.48. The van der Waals surface area contributed by atoms with Crippen LogP contribution in [0.4, 0.5) is 14.5 Å². The fraction of sp³-hybridized carbons (Fsp3) is 0.417. The summed E-state index contributed by atoms with van der Waals surface area (Å²) in [5.74, 6) is -1.09. The van der Waals surface area contributed by atoms with E-state index in [9.17, 15) is 8.78 Å². The van der Waals surface area contributed by atoms with Crippen LogP contribution in [0.15, 0.2) is 23.4 Å². The van der Waals surface area contributed by atoms with E-state index in [1.165, 1.54) is 18.2 Å². The molecular formula is C12H15F2N3O. The van der Waals surface area contributed by atoms with Gasteiger partial charge >= 0.3 is 0 Å². The fourth-order valence-corrected chi connectivity index (χ4v) is 1.95. The van der Waals surface area contributed by atoms with Crippen molar-refractivity contribution >= 4 is 11.5 Å². The number of nitrogens with two attached hydrogens (primary N) is 1. The van der Waals surface area contributed by atoms with E-state index in [1.54, 1.807) is 0 Å². The van der Waals surface area contributed by atoms with Gasteiger partial charge in [-0.05, 0) is 30.4 Å². The van der Waals surface area contributed by atoms with Gasteiger partial charge in [-0.15, -0.1) is 0 Å². The van der Waals surface area contributed by atoms with E-state index < -0.39 is 11.6 Å². The SMILES string of the molecule is NC(CC1(CNc2c(F)cccc2F)CC1)=NO. The maximum Gasteiger partial charge on any atom is 0.149 e. The largest absolute Gasteiger partial charge is 0.409 e. The molecule has 1 fully saturated rings. The molecule has 1 aromatic carbocycles. The lowest BCUT2D eigenvalue weighted by molar-refractivity contribution is 0.315. The van der Waals surface area contributed by atoms with Crippen molar-refractivity contribution in [3.05, 3.63) is 29.8 Å². The van der Waals surface area contributed by atoms with Gasteiger partial charge in [0.25, 0.3) is 0 Å². The van der Waals surface area contributed by atoms with Crippen LogP contribution in [0.1, 0.15) is 19.3 Å². The first-order valence-electron chi connectivity index (χ1n) is 5.71. The highest BCUT2D eigenvalue weighted by atomic mass is 19.1. The highest BCUT2D eigenvalue weighted by Gasteiger charge is 2.43. The predicted molar refractivity (Wildman–Crippen MR) is 64.5 cm³/mol. The molecule has 6 heteroatoms. The van der Waals surface area contributed by atoms with Crippen LogP contribution >= 0.6 is 0 Å². The van der Waals surface area contributed by atoms with Crippen LogP contribution in [0.3, 0.4) is 0 Å². The zero-order valence-electron chi connectivity index (χ0n) is 9.79. The molecule has 2 rings (SSSR count). The Bertz CT molecular complexity index is 452. The molecule has 0 aliphatic heterocycles. The van der Waals surface area contributed by atoms with Crippen LogP contribution in [0.5, 0.6) is 0 Å². The molecule has 98 valence electrons. The second-order valence-electron chi connectivity index (χ2n) is 4.72. The molecule has 0 unspecified atom stereocenters. The molecule has 0 heterocycles. The quantitative estimate of drug-likeness (QED) is 0.327. The van der Waals surface area contributed by atoms with Gasteiger partial charge in [-0.2, -0.15) is 0 Å². The molecule has 0 aromatic heterocycles. The summed E-state index contributed by atoms with van der Waals surface area (Å²) >= 11 is 0. The minimum atomic E-state index is -0.616. The van der Waals surface area contributed by atoms with Crippen molar-refractivity contribution in [1.82, 2.24) is 0 Å². The van der Waals surface area contributed by atoms with E-state index in [2.05, 4.69) is 10.5 Å². The topological polar surface area (TPSA) is 70.6 Å². The number of amidine groups is 1. The normalized spacial score (nSPS) is 17.6. The summed E-state index contributed by atoms with van der Waals surface area (Å²) in [6.07, 6.45) is 2.21. The van der Waals surface area contributed by atoms with Gasteiger partial charge in [0.2, 0.25) is 0 Å². The molecule has 0 spiro atoms. The summed E-state index contributed by atoms with van der Waals surface area (Å²) in [5, 5.41) is 14.2. The molecule has 0 radical (unpaired) electrons. The van der Waals surface area contributed by atoms with Crippen molar-refractivity contribution in [2.45, 2.75) is 19.3 Å². The van der Waals surface area contributed by atoms with E-state index >= 15 is 0 Å². The Morgan fingerprint density at radius 3 is 2.50 bits per heavy atom. The lowest BCUT2D eigenvalue weighted by Crippen LogP contribution is -2.24. The van der Waals surface area contributed by atoms with Crippen molar-refractivity contribution in [1.29, 1.82) is 0 Å². The average Bonchev–Trinajstić information content (AvgIpc) is 3.08. The highest BCUT2D eigenvalue weighted by molar-refractivity contribution is 5.80. The first-order chi connectivity index (χ1) is 8.56. The molecule has 0 atom stereocenters. The summed E-state index contributed by atoms with van der Waals surface area (Å²) in [6, 6.07) is 3.72. The average molecular weight is 255 g/mol. The number of benzene rings is 1. The summed E-state index contributed by atoms with van der Waals surface area (Å²) < 4.78 is 26.8. The molecule has 0 saturated heterocycles. The summed E-state index contributed by atoms with van der Waals surface area (Å²) in [6.45, 7) is 0.404. The van der Waals surface area contributed by atoms with Crippen LogP contribution in [-0.2, 0) is 0 Å². The van der Waals surface area contributed by atoms with Crippen LogP contribution in [0.2, 0.25) is 0 Å². The van der Waals surface area contributed by atoms with Gasteiger partial charge in [0.1, 0.15) is 23.2 Å². The Hall–Kier alpha value is -1.85. The van der Waals surface area contributed by atoms with Gasteiger partial charge in [0, 0.05) is 13.0 Å². The number of nitrogens with one attached hydrogen (secondary N) is 1. The van der Waals surface area contributed by atoms with Crippen LogP contribution in [0.25, 0.3) is 0 Å². The number of halogens is 2. The Morgan fingerprint density at radius 1 is 1.39 bits per heavy atom. The first kappa shape index (κ1) is 12.6. The zero-order chi connectivity index (χ0) is 13.2. The maximum absolute atomic E-state index is 13.4. The summed E-state index contributed by atoms with van der Waals surface area (Å²) in [4.78, 5) is 0. The van der Waals surface area contributed by atoms with Crippen molar-refractivity contribution in [3.63, 3.8) is 0 Å². The minimum absolute atomic E-state index is 0.122. The van der Waals surface area contributed by atoms with Crippen molar-refractivity contribution in [2.24, 2.45) is 16.3 Å². The van der Waals surface area contributed by atoms with Crippen molar-refractivity contribution < 1.29 is 14.0 Å². The second-order valence-corrected chi connectivity index (χ2v) is 4.72. The molecule has 0 bridgehead atoms. The van der Waals surface area contributed by atoms with Crippen LogP contribution in [-0.4, -0.2) is 17.6 Å². The standard InChI is InChI=1S/C12H15F2N3O/c13-8-2-1-3-9(14)11(8)16-7-12(4-5-12)6-10(15)17-18/h1-3,16,18H,4-7H2,(H2,15,17). The maximum atomic E-state index is 13.4. The lowest BCUT2D eigenvalue weighted by atomic mass is 10.0. The lowest BCUT2D eigenvalue weighted by Gasteiger charge is -2.16. The summed E-state index contributed by atoms with van der Waals surface area (Å²) in [7, 11) is 0. The molecule has 1 aliphatic rings. The molecule has 1 aliphatic carbocycles. The van der Waals surface area contributed by atoms with E-state index in [0.717, 1.165) is 12.8 Å². The van der Waals surface area contributed by atoms with E-state index in [0.29, 0.717) is 13.0 Å². The minimum Gasteiger partial charge on any atom is -0.409 e. The van der Waals surface area contributed by atoms with Crippen LogP contribution < -0.4 is 11.1 Å². The first-order valence-corrected chi connectivity index (χ1v) is 5.71. The molecule has 1 aromatic rings. The van der Waals surface area contributed by atoms with Gasteiger partial charge < -0.3 is 16.3 Å². The molecule has 4 N–H and O–H groups in total. The third-order valence-corrected chi connectivity index (χ3v) is 3.24. The molecular weight excluding hydrogens is 240 g/mol. The second kappa shape index (κ2) is 4.80. The van der Waals surface area contributed by atoms with Crippen molar-refractivity contribution in [3.8, 4) is 0 Å². The van der Waals surface area contributed by atoms with Gasteiger partial charge in [0.15, 0.2) is 0 Å². The fourth-order valence-electron chi connectivity index (χ4n) is 1.95. The monoisotopic (exact) mass is 255 g/mol. The molecule has 18 heavy (non-hydrogen) atoms. The Labute approximate surface area is 103 Å². The Morgan fingerprint density at radius 2 is 2.00 bits per heavy atom. The van der Waals surface area contributed by atoms with Gasteiger partial charge in [-0.25, -0.2) is 8.78 Å². The third-order valence-electron chi connectivity index (χ3n) is 3.24. The number of hydrogen-bond acceptors (Lipinski definition) is 3. The smallest absolute Gasteiger partial charge is 0.149 e. The number of anilines is 1.